The standard InChI is InChI=1S/C11H13ClN2O4/c12-8-1-2-10(11(5-8)14(15)16)13-6-9-7-17-3-4-18-9/h1-2,5,9,13H,3-4,6-7H2. The molecule has 1 fully saturated rings. The van der Waals surface area contributed by atoms with Gasteiger partial charge in [0.05, 0.1) is 30.8 Å². The average molecular weight is 273 g/mol. The first-order valence-corrected chi connectivity index (χ1v) is 5.92. The average Bonchev–Trinajstić information content (AvgIpc) is 2.38. The van der Waals surface area contributed by atoms with Crippen molar-refractivity contribution >= 4 is 23.0 Å². The molecule has 0 aliphatic carbocycles. The van der Waals surface area contributed by atoms with Crippen molar-refractivity contribution in [2.75, 3.05) is 31.7 Å². The smallest absolute Gasteiger partial charge is 0.293 e. The Hall–Kier alpha value is -1.37. The van der Waals surface area contributed by atoms with Crippen molar-refractivity contribution in [3.8, 4) is 0 Å². The molecule has 1 unspecified atom stereocenters. The third-order valence-corrected chi connectivity index (χ3v) is 2.80. The van der Waals surface area contributed by atoms with Crippen molar-refractivity contribution in [2.45, 2.75) is 6.10 Å². The third kappa shape index (κ3) is 3.32. The van der Waals surface area contributed by atoms with Crippen LogP contribution in [0, 0.1) is 10.1 Å². The van der Waals surface area contributed by atoms with Gasteiger partial charge in [0.1, 0.15) is 5.69 Å². The van der Waals surface area contributed by atoms with E-state index in [1.807, 2.05) is 0 Å². The monoisotopic (exact) mass is 272 g/mol. The second-order valence-corrected chi connectivity index (χ2v) is 4.30. The van der Waals surface area contributed by atoms with Crippen LogP contribution in [0.1, 0.15) is 0 Å². The maximum atomic E-state index is 10.9. The van der Waals surface area contributed by atoms with Gasteiger partial charge in [0.25, 0.3) is 5.69 Å². The number of nitro benzene ring substituents is 1. The number of rotatable bonds is 4. The van der Waals surface area contributed by atoms with Crippen LogP contribution in [0.5, 0.6) is 0 Å². The molecule has 0 aromatic heterocycles. The van der Waals surface area contributed by atoms with Gasteiger partial charge >= 0.3 is 0 Å². The first kappa shape index (κ1) is 13.1. The summed E-state index contributed by atoms with van der Waals surface area (Å²) in [6.45, 7) is 2.10. The molecule has 1 aliphatic rings. The second kappa shape index (κ2) is 5.99. The fraction of sp³-hybridized carbons (Fsp3) is 0.455. The molecular weight excluding hydrogens is 260 g/mol. The fourth-order valence-corrected chi connectivity index (χ4v) is 1.85. The highest BCUT2D eigenvalue weighted by atomic mass is 35.5. The summed E-state index contributed by atoms with van der Waals surface area (Å²) < 4.78 is 10.7. The van der Waals surface area contributed by atoms with Gasteiger partial charge in [-0.2, -0.15) is 0 Å². The Kier molecular flexibility index (Phi) is 4.35. The molecule has 1 aromatic rings. The summed E-state index contributed by atoms with van der Waals surface area (Å²) >= 11 is 5.73. The van der Waals surface area contributed by atoms with Crippen LogP contribution in [0.4, 0.5) is 11.4 Å². The molecular formula is C11H13ClN2O4. The lowest BCUT2D eigenvalue weighted by molar-refractivity contribution is -0.383. The van der Waals surface area contributed by atoms with Crippen LogP contribution in [0.25, 0.3) is 0 Å². The normalized spacial score (nSPS) is 19.5. The predicted octanol–water partition coefficient (Wildman–Crippen LogP) is 2.08. The quantitative estimate of drug-likeness (QED) is 0.671. The van der Waals surface area contributed by atoms with Crippen molar-refractivity contribution < 1.29 is 14.4 Å². The number of nitrogens with zero attached hydrogens (tertiary/aromatic N) is 1. The van der Waals surface area contributed by atoms with Crippen molar-refractivity contribution in [3.63, 3.8) is 0 Å². The predicted molar refractivity (Wildman–Crippen MR) is 67.2 cm³/mol. The number of hydrogen-bond donors (Lipinski definition) is 1. The minimum absolute atomic E-state index is 0.0424. The van der Waals surface area contributed by atoms with Crippen LogP contribution in [0.2, 0.25) is 5.02 Å². The van der Waals surface area contributed by atoms with Gasteiger partial charge in [0.15, 0.2) is 0 Å². The molecule has 1 heterocycles. The molecule has 1 atom stereocenters. The Morgan fingerprint density at radius 2 is 2.33 bits per heavy atom. The molecule has 1 aliphatic heterocycles. The van der Waals surface area contributed by atoms with E-state index < -0.39 is 4.92 Å². The fourth-order valence-electron chi connectivity index (χ4n) is 1.68. The molecule has 0 bridgehead atoms. The number of hydrogen-bond acceptors (Lipinski definition) is 5. The minimum atomic E-state index is -0.466. The molecule has 0 saturated carbocycles. The Bertz CT molecular complexity index is 435. The van der Waals surface area contributed by atoms with Gasteiger partial charge in [-0.15, -0.1) is 0 Å². The van der Waals surface area contributed by atoms with Gasteiger partial charge in [-0.05, 0) is 12.1 Å². The lowest BCUT2D eigenvalue weighted by atomic mass is 10.2. The SMILES string of the molecule is O=[N+]([O-])c1cc(Cl)ccc1NCC1COCCO1. The highest BCUT2D eigenvalue weighted by molar-refractivity contribution is 6.30. The summed E-state index contributed by atoms with van der Waals surface area (Å²) in [7, 11) is 0. The summed E-state index contributed by atoms with van der Waals surface area (Å²) in [6, 6.07) is 4.52. The summed E-state index contributed by atoms with van der Waals surface area (Å²) in [5.74, 6) is 0. The molecule has 1 saturated heterocycles. The first-order chi connectivity index (χ1) is 8.66. The number of ether oxygens (including phenoxy) is 2. The van der Waals surface area contributed by atoms with Crippen molar-refractivity contribution in [2.24, 2.45) is 0 Å². The van der Waals surface area contributed by atoms with E-state index in [0.717, 1.165) is 0 Å². The van der Waals surface area contributed by atoms with Crippen molar-refractivity contribution in [3.05, 3.63) is 33.3 Å². The van der Waals surface area contributed by atoms with Crippen LogP contribution in [-0.2, 0) is 9.47 Å². The summed E-state index contributed by atoms with van der Waals surface area (Å²) in [5.41, 5.74) is 0.387. The van der Waals surface area contributed by atoms with Gasteiger partial charge in [-0.3, -0.25) is 10.1 Å². The minimum Gasteiger partial charge on any atom is -0.377 e. The van der Waals surface area contributed by atoms with Crippen LogP contribution < -0.4 is 5.32 Å². The third-order valence-electron chi connectivity index (χ3n) is 2.56. The summed E-state index contributed by atoms with van der Waals surface area (Å²) in [5, 5.41) is 14.2. The lowest BCUT2D eigenvalue weighted by Gasteiger charge is -2.23. The number of anilines is 1. The zero-order valence-electron chi connectivity index (χ0n) is 9.60. The van der Waals surface area contributed by atoms with Crippen molar-refractivity contribution in [1.82, 2.24) is 0 Å². The summed E-state index contributed by atoms with van der Waals surface area (Å²) in [6.07, 6.45) is -0.0889. The first-order valence-electron chi connectivity index (χ1n) is 5.54. The van der Waals surface area contributed by atoms with E-state index in [2.05, 4.69) is 5.32 Å². The molecule has 6 nitrogen and oxygen atoms in total. The van der Waals surface area contributed by atoms with Crippen LogP contribution in [0.3, 0.4) is 0 Å². The Morgan fingerprint density at radius 1 is 1.50 bits per heavy atom. The van der Waals surface area contributed by atoms with Crippen LogP contribution in [0.15, 0.2) is 18.2 Å². The number of nitrogens with one attached hydrogen (secondary N) is 1. The molecule has 2 rings (SSSR count). The van der Waals surface area contributed by atoms with E-state index in [-0.39, 0.29) is 11.8 Å². The largest absolute Gasteiger partial charge is 0.377 e. The number of benzene rings is 1. The van der Waals surface area contributed by atoms with E-state index in [0.29, 0.717) is 37.1 Å². The Balaban J connectivity index is 2.01. The highest BCUT2D eigenvalue weighted by Crippen LogP contribution is 2.27. The van der Waals surface area contributed by atoms with Crippen LogP contribution in [-0.4, -0.2) is 37.4 Å². The van der Waals surface area contributed by atoms with E-state index >= 15 is 0 Å². The summed E-state index contributed by atoms with van der Waals surface area (Å²) in [4.78, 5) is 10.4. The molecule has 0 spiro atoms. The molecule has 0 radical (unpaired) electrons. The van der Waals surface area contributed by atoms with E-state index in [4.69, 9.17) is 21.1 Å². The van der Waals surface area contributed by atoms with Gasteiger partial charge in [0, 0.05) is 17.6 Å². The Labute approximate surface area is 109 Å². The van der Waals surface area contributed by atoms with E-state index in [1.165, 1.54) is 6.07 Å². The molecule has 1 N–H and O–H groups in total. The zero-order chi connectivity index (χ0) is 13.0. The molecule has 0 amide bonds. The van der Waals surface area contributed by atoms with Gasteiger partial charge in [0.2, 0.25) is 0 Å². The second-order valence-electron chi connectivity index (χ2n) is 3.87. The lowest BCUT2D eigenvalue weighted by Crippen LogP contribution is -2.34. The number of halogens is 1. The maximum absolute atomic E-state index is 10.9. The van der Waals surface area contributed by atoms with Gasteiger partial charge in [-0.25, -0.2) is 0 Å². The zero-order valence-corrected chi connectivity index (χ0v) is 10.4. The topological polar surface area (TPSA) is 73.6 Å². The van der Waals surface area contributed by atoms with E-state index in [9.17, 15) is 10.1 Å². The van der Waals surface area contributed by atoms with Crippen molar-refractivity contribution in [1.29, 1.82) is 0 Å². The van der Waals surface area contributed by atoms with Crippen LogP contribution >= 0.6 is 11.6 Å². The molecule has 18 heavy (non-hydrogen) atoms. The van der Waals surface area contributed by atoms with E-state index in [1.54, 1.807) is 12.1 Å². The van der Waals surface area contributed by atoms with Gasteiger partial charge in [-0.1, -0.05) is 11.6 Å². The van der Waals surface area contributed by atoms with Gasteiger partial charge < -0.3 is 14.8 Å². The Morgan fingerprint density at radius 3 is 3.00 bits per heavy atom. The number of nitro groups is 1. The molecule has 1 aromatic carbocycles. The molecule has 98 valence electrons. The highest BCUT2D eigenvalue weighted by Gasteiger charge is 2.18. The molecule has 7 heteroatoms. The maximum Gasteiger partial charge on any atom is 0.293 e.